The van der Waals surface area contributed by atoms with Gasteiger partial charge in [-0.25, -0.2) is 9.18 Å². The number of ether oxygens (including phenoxy) is 2. The van der Waals surface area contributed by atoms with Crippen molar-refractivity contribution in [2.75, 3.05) is 19.8 Å². The average molecular weight is 435 g/mol. The lowest BCUT2D eigenvalue weighted by molar-refractivity contribution is -0.188. The summed E-state index contributed by atoms with van der Waals surface area (Å²) in [7, 11) is 0. The van der Waals surface area contributed by atoms with Gasteiger partial charge in [-0.05, 0) is 48.2 Å². The molecule has 1 aromatic heterocycles. The Hall–Kier alpha value is -3.29. The first-order valence-electron chi connectivity index (χ1n) is 10.7. The lowest BCUT2D eigenvalue weighted by atomic mass is 9.92. The lowest BCUT2D eigenvalue weighted by Gasteiger charge is -2.36. The molecule has 2 heterocycles. The lowest BCUT2D eigenvalue weighted by Crippen LogP contribution is -2.48. The van der Waals surface area contributed by atoms with Crippen LogP contribution in [0.5, 0.6) is 0 Å². The highest BCUT2D eigenvalue weighted by atomic mass is 19.1. The maximum absolute atomic E-state index is 13.6. The molecule has 0 saturated carbocycles. The number of carbonyl (C=O) groups excluding carboxylic acids is 1. The van der Waals surface area contributed by atoms with E-state index in [0.29, 0.717) is 25.3 Å². The van der Waals surface area contributed by atoms with E-state index in [-0.39, 0.29) is 11.8 Å². The average Bonchev–Trinajstić information content (AvgIpc) is 3.33. The van der Waals surface area contributed by atoms with Crippen LogP contribution in [0.3, 0.4) is 0 Å². The predicted molar refractivity (Wildman–Crippen MR) is 118 cm³/mol. The summed E-state index contributed by atoms with van der Waals surface area (Å²) in [6.07, 6.45) is 4.97. The normalized spacial score (nSPS) is 15.8. The van der Waals surface area contributed by atoms with Crippen LogP contribution in [0, 0.1) is 5.82 Å². The monoisotopic (exact) mass is 435 g/mol. The van der Waals surface area contributed by atoms with Gasteiger partial charge in [0.1, 0.15) is 11.9 Å². The Morgan fingerprint density at radius 1 is 1.00 bits per heavy atom. The predicted octanol–water partition coefficient (Wildman–Crippen LogP) is 4.09. The van der Waals surface area contributed by atoms with Crippen molar-refractivity contribution < 1.29 is 18.7 Å². The van der Waals surface area contributed by atoms with Crippen LogP contribution < -0.4 is 10.6 Å². The number of pyridine rings is 1. The standard InChI is InChI=1S/C25H26FN3O3/c26-22-10-8-20(9-11-22)23(25(31-17-18-32-25)21-12-15-27-16-13-21)29-24(30)28-14-4-7-19-5-2-1-3-6-19/h1-3,5-6,8-13,15-16,23H,4,7,14,17-18H2,(H2,28,29,30). The summed E-state index contributed by atoms with van der Waals surface area (Å²) < 4.78 is 25.7. The van der Waals surface area contributed by atoms with Crippen molar-refractivity contribution >= 4 is 6.03 Å². The smallest absolute Gasteiger partial charge is 0.315 e. The molecule has 6 nitrogen and oxygen atoms in total. The largest absolute Gasteiger partial charge is 0.342 e. The molecule has 2 N–H and O–H groups in total. The Bertz CT molecular complexity index is 994. The molecule has 0 bridgehead atoms. The molecule has 3 aromatic rings. The number of aromatic nitrogens is 1. The van der Waals surface area contributed by atoms with Gasteiger partial charge in [0.15, 0.2) is 0 Å². The van der Waals surface area contributed by atoms with Crippen LogP contribution in [0.4, 0.5) is 9.18 Å². The van der Waals surface area contributed by atoms with Crippen LogP contribution in [-0.2, 0) is 21.7 Å². The van der Waals surface area contributed by atoms with Gasteiger partial charge < -0.3 is 20.1 Å². The molecule has 0 radical (unpaired) electrons. The van der Waals surface area contributed by atoms with Crippen molar-refractivity contribution in [3.8, 4) is 0 Å². The van der Waals surface area contributed by atoms with E-state index in [9.17, 15) is 9.18 Å². The zero-order valence-corrected chi connectivity index (χ0v) is 17.7. The van der Waals surface area contributed by atoms with Gasteiger partial charge in [0, 0.05) is 24.5 Å². The number of hydrogen-bond donors (Lipinski definition) is 2. The number of halogens is 1. The molecular formula is C25H26FN3O3. The summed E-state index contributed by atoms with van der Waals surface area (Å²) >= 11 is 0. The summed E-state index contributed by atoms with van der Waals surface area (Å²) in [5, 5.41) is 5.90. The highest BCUT2D eigenvalue weighted by Gasteiger charge is 2.48. The molecule has 1 saturated heterocycles. The quantitative estimate of drug-likeness (QED) is 0.523. The van der Waals surface area contributed by atoms with E-state index in [1.54, 1.807) is 36.7 Å². The molecular weight excluding hydrogens is 409 g/mol. The molecule has 1 aliphatic heterocycles. The van der Waals surface area contributed by atoms with E-state index >= 15 is 0 Å². The molecule has 4 rings (SSSR count). The molecule has 0 spiro atoms. The summed E-state index contributed by atoms with van der Waals surface area (Å²) in [6.45, 7) is 1.27. The van der Waals surface area contributed by atoms with Crippen molar-refractivity contribution in [2.24, 2.45) is 0 Å². The zero-order valence-electron chi connectivity index (χ0n) is 17.7. The molecule has 7 heteroatoms. The zero-order chi connectivity index (χ0) is 22.2. The molecule has 1 fully saturated rings. The number of aryl methyl sites for hydroxylation is 1. The molecule has 0 aliphatic carbocycles. The first kappa shape index (κ1) is 21.9. The van der Waals surface area contributed by atoms with E-state index in [2.05, 4.69) is 27.8 Å². The van der Waals surface area contributed by atoms with E-state index in [0.717, 1.165) is 18.4 Å². The molecule has 1 atom stereocenters. The van der Waals surface area contributed by atoms with Gasteiger partial charge in [-0.1, -0.05) is 42.5 Å². The minimum atomic E-state index is -1.23. The fraction of sp³-hybridized carbons (Fsp3) is 0.280. The minimum absolute atomic E-state index is 0.347. The summed E-state index contributed by atoms with van der Waals surface area (Å²) in [5.41, 5.74) is 2.62. The van der Waals surface area contributed by atoms with Crippen molar-refractivity contribution in [3.05, 3.63) is 102 Å². The summed E-state index contributed by atoms with van der Waals surface area (Å²) in [6, 6.07) is 18.6. The van der Waals surface area contributed by atoms with Crippen LogP contribution in [0.2, 0.25) is 0 Å². The van der Waals surface area contributed by atoms with Crippen molar-refractivity contribution in [1.82, 2.24) is 15.6 Å². The molecule has 2 amide bonds. The van der Waals surface area contributed by atoms with Crippen molar-refractivity contribution in [3.63, 3.8) is 0 Å². The Balaban J connectivity index is 1.49. The Morgan fingerprint density at radius 3 is 2.38 bits per heavy atom. The number of carbonyl (C=O) groups is 1. The van der Waals surface area contributed by atoms with Crippen LogP contribution in [0.15, 0.2) is 79.1 Å². The van der Waals surface area contributed by atoms with Gasteiger partial charge in [-0.3, -0.25) is 4.98 Å². The number of hydrogen-bond acceptors (Lipinski definition) is 4. The highest BCUT2D eigenvalue weighted by molar-refractivity contribution is 5.74. The molecule has 1 unspecified atom stereocenters. The van der Waals surface area contributed by atoms with Crippen LogP contribution >= 0.6 is 0 Å². The maximum Gasteiger partial charge on any atom is 0.315 e. The van der Waals surface area contributed by atoms with E-state index in [1.807, 2.05) is 18.2 Å². The number of nitrogens with zero attached hydrogens (tertiary/aromatic N) is 1. The number of nitrogens with one attached hydrogen (secondary N) is 2. The first-order chi connectivity index (χ1) is 15.7. The van der Waals surface area contributed by atoms with Crippen LogP contribution in [0.1, 0.15) is 29.2 Å². The van der Waals surface area contributed by atoms with Gasteiger partial charge >= 0.3 is 6.03 Å². The van der Waals surface area contributed by atoms with E-state index in [1.165, 1.54) is 17.7 Å². The van der Waals surface area contributed by atoms with Gasteiger partial charge in [-0.15, -0.1) is 0 Å². The Labute approximate surface area is 186 Å². The topological polar surface area (TPSA) is 72.5 Å². The summed E-state index contributed by atoms with van der Waals surface area (Å²) in [4.78, 5) is 16.9. The summed E-state index contributed by atoms with van der Waals surface area (Å²) in [5.74, 6) is -1.59. The van der Waals surface area contributed by atoms with E-state index < -0.39 is 11.8 Å². The number of benzene rings is 2. The highest BCUT2D eigenvalue weighted by Crippen LogP contribution is 2.42. The first-order valence-corrected chi connectivity index (χ1v) is 10.7. The SMILES string of the molecule is O=C(NCCCc1ccccc1)NC(c1ccc(F)cc1)C1(c2ccncc2)OCCO1. The second kappa shape index (κ2) is 10.3. The third-order valence-electron chi connectivity index (χ3n) is 5.43. The van der Waals surface area contributed by atoms with Gasteiger partial charge in [0.25, 0.3) is 0 Å². The van der Waals surface area contributed by atoms with E-state index in [4.69, 9.17) is 9.47 Å². The Morgan fingerprint density at radius 2 is 1.69 bits per heavy atom. The molecule has 32 heavy (non-hydrogen) atoms. The third kappa shape index (κ3) is 5.12. The second-order valence-corrected chi connectivity index (χ2v) is 7.57. The second-order valence-electron chi connectivity index (χ2n) is 7.57. The van der Waals surface area contributed by atoms with Crippen LogP contribution in [0.25, 0.3) is 0 Å². The number of amides is 2. The molecule has 166 valence electrons. The number of rotatable bonds is 8. The molecule has 2 aromatic carbocycles. The maximum atomic E-state index is 13.6. The Kier molecular flexibility index (Phi) is 7.09. The number of urea groups is 1. The van der Waals surface area contributed by atoms with Gasteiger partial charge in [-0.2, -0.15) is 0 Å². The third-order valence-corrected chi connectivity index (χ3v) is 5.43. The fourth-order valence-corrected chi connectivity index (χ4v) is 3.89. The van der Waals surface area contributed by atoms with Gasteiger partial charge in [0.2, 0.25) is 5.79 Å². The van der Waals surface area contributed by atoms with Crippen molar-refractivity contribution in [2.45, 2.75) is 24.7 Å². The van der Waals surface area contributed by atoms with Gasteiger partial charge in [0.05, 0.1) is 13.2 Å². The minimum Gasteiger partial charge on any atom is -0.342 e. The van der Waals surface area contributed by atoms with Crippen molar-refractivity contribution in [1.29, 1.82) is 0 Å². The van der Waals surface area contributed by atoms with Crippen LogP contribution in [-0.4, -0.2) is 30.8 Å². The molecule has 1 aliphatic rings. The fourth-order valence-electron chi connectivity index (χ4n) is 3.89.